The summed E-state index contributed by atoms with van der Waals surface area (Å²) >= 11 is 1.57. The smallest absolute Gasteiger partial charge is 0.166 e. The third kappa shape index (κ3) is 3.00. The Balaban J connectivity index is 2.18. The Morgan fingerprint density at radius 1 is 1.33 bits per heavy atom. The van der Waals surface area contributed by atoms with Gasteiger partial charge in [-0.3, -0.25) is 0 Å². The largest absolute Gasteiger partial charge is 0.490 e. The zero-order valence-corrected chi connectivity index (χ0v) is 11.1. The molecule has 0 bridgehead atoms. The maximum absolute atomic E-state index is 5.80. The van der Waals surface area contributed by atoms with Gasteiger partial charge in [-0.2, -0.15) is 0 Å². The van der Waals surface area contributed by atoms with Crippen molar-refractivity contribution in [2.24, 2.45) is 5.73 Å². The quantitative estimate of drug-likeness (QED) is 0.871. The molecule has 2 aromatic rings. The first-order valence-corrected chi connectivity index (χ1v) is 6.69. The van der Waals surface area contributed by atoms with Crippen LogP contribution in [0.1, 0.15) is 17.5 Å². The summed E-state index contributed by atoms with van der Waals surface area (Å²) in [6.45, 7) is 3.41. The Kier molecular flexibility index (Phi) is 4.55. The van der Waals surface area contributed by atoms with Crippen LogP contribution in [0.25, 0.3) is 0 Å². The first-order valence-electron chi connectivity index (χ1n) is 5.81. The van der Waals surface area contributed by atoms with Crippen LogP contribution in [0.2, 0.25) is 0 Å². The van der Waals surface area contributed by atoms with Crippen LogP contribution < -0.4 is 15.2 Å². The minimum Gasteiger partial charge on any atom is -0.490 e. The van der Waals surface area contributed by atoms with E-state index in [2.05, 4.69) is 4.98 Å². The molecule has 0 amide bonds. The van der Waals surface area contributed by atoms with Crippen LogP contribution in [-0.2, 0) is 13.2 Å². The lowest BCUT2D eigenvalue weighted by molar-refractivity contribution is 0.266. The number of nitrogens with zero attached hydrogens (tertiary/aromatic N) is 1. The zero-order valence-electron chi connectivity index (χ0n) is 10.3. The van der Waals surface area contributed by atoms with Gasteiger partial charge in [0.2, 0.25) is 0 Å². The van der Waals surface area contributed by atoms with Crippen molar-refractivity contribution in [3.63, 3.8) is 0 Å². The molecule has 5 heteroatoms. The second-order valence-electron chi connectivity index (χ2n) is 3.60. The Hall–Kier alpha value is -1.59. The van der Waals surface area contributed by atoms with Gasteiger partial charge in [0.05, 0.1) is 6.61 Å². The maximum atomic E-state index is 5.80. The zero-order chi connectivity index (χ0) is 12.8. The van der Waals surface area contributed by atoms with Crippen LogP contribution >= 0.6 is 11.3 Å². The van der Waals surface area contributed by atoms with Crippen molar-refractivity contribution >= 4 is 11.3 Å². The lowest BCUT2D eigenvalue weighted by Gasteiger charge is -2.14. The predicted molar refractivity (Wildman–Crippen MR) is 71.9 cm³/mol. The Morgan fingerprint density at radius 2 is 2.22 bits per heavy atom. The van der Waals surface area contributed by atoms with E-state index in [-0.39, 0.29) is 0 Å². The van der Waals surface area contributed by atoms with Gasteiger partial charge in [0.25, 0.3) is 0 Å². The molecule has 0 unspecified atom stereocenters. The molecule has 1 heterocycles. The molecular formula is C13H16N2O2S. The number of nitrogens with two attached hydrogens (primary N) is 1. The monoisotopic (exact) mass is 264 g/mol. The SMILES string of the molecule is CCOc1cccc(CN)c1OCc1nccs1. The van der Waals surface area contributed by atoms with Crippen molar-refractivity contribution in [2.45, 2.75) is 20.1 Å². The summed E-state index contributed by atoms with van der Waals surface area (Å²) < 4.78 is 11.4. The van der Waals surface area contributed by atoms with Gasteiger partial charge in [-0.05, 0) is 13.0 Å². The van der Waals surface area contributed by atoms with Gasteiger partial charge >= 0.3 is 0 Å². The number of thiazole rings is 1. The fraction of sp³-hybridized carbons (Fsp3) is 0.308. The van der Waals surface area contributed by atoms with E-state index < -0.39 is 0 Å². The average Bonchev–Trinajstić information content (AvgIpc) is 2.90. The third-order valence-electron chi connectivity index (χ3n) is 2.40. The molecule has 0 aliphatic carbocycles. The summed E-state index contributed by atoms with van der Waals surface area (Å²) in [5, 5.41) is 2.86. The fourth-order valence-corrected chi connectivity index (χ4v) is 2.14. The molecule has 2 N–H and O–H groups in total. The molecule has 0 atom stereocenters. The van der Waals surface area contributed by atoms with Crippen LogP contribution in [-0.4, -0.2) is 11.6 Å². The number of hydrogen-bond donors (Lipinski definition) is 1. The molecule has 1 aromatic heterocycles. The van der Waals surface area contributed by atoms with Crippen molar-refractivity contribution in [2.75, 3.05) is 6.61 Å². The van der Waals surface area contributed by atoms with Crippen LogP contribution in [0, 0.1) is 0 Å². The molecule has 0 saturated heterocycles. The molecule has 0 fully saturated rings. The van der Waals surface area contributed by atoms with Crippen LogP contribution in [0.15, 0.2) is 29.8 Å². The molecule has 0 radical (unpaired) electrons. The number of aromatic nitrogens is 1. The molecule has 96 valence electrons. The molecule has 0 spiro atoms. The molecule has 1 aromatic carbocycles. The summed E-state index contributed by atoms with van der Waals surface area (Å²) in [4.78, 5) is 4.18. The van der Waals surface area contributed by atoms with Crippen LogP contribution in [0.4, 0.5) is 0 Å². The summed E-state index contributed by atoms with van der Waals surface area (Å²) in [6.07, 6.45) is 1.77. The van der Waals surface area contributed by atoms with E-state index >= 15 is 0 Å². The summed E-state index contributed by atoms with van der Waals surface area (Å²) in [6, 6.07) is 5.75. The van der Waals surface area contributed by atoms with E-state index in [0.717, 1.165) is 22.1 Å². The topological polar surface area (TPSA) is 57.4 Å². The molecule has 2 rings (SSSR count). The highest BCUT2D eigenvalue weighted by Gasteiger charge is 2.10. The first-order chi connectivity index (χ1) is 8.85. The summed E-state index contributed by atoms with van der Waals surface area (Å²) in [5.74, 6) is 1.45. The van der Waals surface area contributed by atoms with Crippen molar-refractivity contribution < 1.29 is 9.47 Å². The number of hydrogen-bond acceptors (Lipinski definition) is 5. The third-order valence-corrected chi connectivity index (χ3v) is 3.16. The predicted octanol–water partition coefficient (Wildman–Crippen LogP) is 2.58. The van der Waals surface area contributed by atoms with Crippen molar-refractivity contribution in [3.05, 3.63) is 40.3 Å². The second kappa shape index (κ2) is 6.37. The van der Waals surface area contributed by atoms with Gasteiger partial charge in [0, 0.05) is 23.7 Å². The molecule has 0 aliphatic heterocycles. The highest BCUT2D eigenvalue weighted by atomic mass is 32.1. The molecule has 0 saturated carbocycles. The van der Waals surface area contributed by atoms with E-state index in [9.17, 15) is 0 Å². The number of benzene rings is 1. The normalized spacial score (nSPS) is 10.3. The molecular weight excluding hydrogens is 248 g/mol. The van der Waals surface area contributed by atoms with Gasteiger partial charge in [-0.25, -0.2) is 4.98 Å². The standard InChI is InChI=1S/C13H16N2O2S/c1-2-16-11-5-3-4-10(8-14)13(11)17-9-12-15-6-7-18-12/h3-7H,2,8-9,14H2,1H3. The van der Waals surface area contributed by atoms with Crippen molar-refractivity contribution in [1.29, 1.82) is 0 Å². The van der Waals surface area contributed by atoms with E-state index in [0.29, 0.717) is 19.8 Å². The van der Waals surface area contributed by atoms with Gasteiger partial charge in [-0.1, -0.05) is 12.1 Å². The Labute approximate surface area is 110 Å². The highest BCUT2D eigenvalue weighted by molar-refractivity contribution is 7.09. The number of para-hydroxylation sites is 1. The van der Waals surface area contributed by atoms with Gasteiger partial charge in [0.1, 0.15) is 11.6 Å². The lowest BCUT2D eigenvalue weighted by atomic mass is 10.2. The molecule has 18 heavy (non-hydrogen) atoms. The number of ether oxygens (including phenoxy) is 2. The van der Waals surface area contributed by atoms with Gasteiger partial charge in [-0.15, -0.1) is 11.3 Å². The lowest BCUT2D eigenvalue weighted by Crippen LogP contribution is -2.05. The Bertz CT molecular complexity index is 486. The first kappa shape index (κ1) is 12.9. The molecule has 4 nitrogen and oxygen atoms in total. The van der Waals surface area contributed by atoms with Crippen molar-refractivity contribution in [3.8, 4) is 11.5 Å². The van der Waals surface area contributed by atoms with Crippen molar-refractivity contribution in [1.82, 2.24) is 4.98 Å². The fourth-order valence-electron chi connectivity index (χ4n) is 1.61. The van der Waals surface area contributed by atoms with E-state index in [1.54, 1.807) is 17.5 Å². The van der Waals surface area contributed by atoms with Gasteiger partial charge < -0.3 is 15.2 Å². The van der Waals surface area contributed by atoms with Crippen LogP contribution in [0.3, 0.4) is 0 Å². The van der Waals surface area contributed by atoms with E-state index in [4.69, 9.17) is 15.2 Å². The minimum atomic E-state index is 0.425. The summed E-state index contributed by atoms with van der Waals surface area (Å²) in [7, 11) is 0. The van der Waals surface area contributed by atoms with E-state index in [1.807, 2.05) is 30.5 Å². The maximum Gasteiger partial charge on any atom is 0.166 e. The highest BCUT2D eigenvalue weighted by Crippen LogP contribution is 2.32. The van der Waals surface area contributed by atoms with Gasteiger partial charge in [0.15, 0.2) is 11.5 Å². The molecule has 0 aliphatic rings. The average molecular weight is 264 g/mol. The minimum absolute atomic E-state index is 0.425. The second-order valence-corrected chi connectivity index (χ2v) is 4.58. The summed E-state index contributed by atoms with van der Waals surface area (Å²) in [5.41, 5.74) is 6.66. The Morgan fingerprint density at radius 3 is 2.89 bits per heavy atom. The van der Waals surface area contributed by atoms with Crippen LogP contribution in [0.5, 0.6) is 11.5 Å². The van der Waals surface area contributed by atoms with E-state index in [1.165, 1.54) is 0 Å². The number of rotatable bonds is 6.